The van der Waals surface area contributed by atoms with Crippen LogP contribution in [0.2, 0.25) is 0 Å². The highest BCUT2D eigenvalue weighted by molar-refractivity contribution is 5.87. The molecule has 0 spiro atoms. The molecule has 0 aromatic carbocycles. The lowest BCUT2D eigenvalue weighted by Crippen LogP contribution is -2.74. The average molecular weight is 154 g/mol. The van der Waals surface area contributed by atoms with Crippen LogP contribution in [0.5, 0.6) is 0 Å². The van der Waals surface area contributed by atoms with E-state index in [0.717, 1.165) is 19.5 Å². The van der Waals surface area contributed by atoms with E-state index in [2.05, 4.69) is 17.1 Å². The number of amides is 1. The SMILES string of the molecule is CC1CC2(C)C(=O)NCCN12. The van der Waals surface area contributed by atoms with E-state index in [1.54, 1.807) is 0 Å². The fraction of sp³-hybridized carbons (Fsp3) is 0.875. The molecule has 1 amide bonds. The van der Waals surface area contributed by atoms with E-state index in [0.29, 0.717) is 6.04 Å². The number of nitrogens with zero attached hydrogens (tertiary/aromatic N) is 1. The number of hydrogen-bond acceptors (Lipinski definition) is 2. The predicted molar refractivity (Wildman–Crippen MR) is 42.2 cm³/mol. The van der Waals surface area contributed by atoms with Crippen molar-refractivity contribution in [1.29, 1.82) is 0 Å². The number of fused-ring (bicyclic) bond motifs is 1. The Labute approximate surface area is 66.8 Å². The normalized spacial score (nSPS) is 44.2. The van der Waals surface area contributed by atoms with Crippen LogP contribution in [0, 0.1) is 0 Å². The molecule has 11 heavy (non-hydrogen) atoms. The van der Waals surface area contributed by atoms with Gasteiger partial charge in [-0.05, 0) is 20.3 Å². The Morgan fingerprint density at radius 3 is 3.00 bits per heavy atom. The molecular weight excluding hydrogens is 140 g/mol. The molecule has 2 saturated heterocycles. The minimum atomic E-state index is -0.169. The van der Waals surface area contributed by atoms with Gasteiger partial charge in [0, 0.05) is 19.1 Å². The molecule has 3 heteroatoms. The Kier molecular flexibility index (Phi) is 1.27. The first-order chi connectivity index (χ1) is 5.14. The van der Waals surface area contributed by atoms with Crippen LogP contribution in [-0.2, 0) is 4.79 Å². The quantitative estimate of drug-likeness (QED) is 0.531. The van der Waals surface area contributed by atoms with Crippen molar-refractivity contribution in [3.8, 4) is 0 Å². The van der Waals surface area contributed by atoms with Crippen molar-refractivity contribution >= 4 is 5.91 Å². The molecule has 2 atom stereocenters. The van der Waals surface area contributed by atoms with Gasteiger partial charge in [-0.2, -0.15) is 0 Å². The maximum Gasteiger partial charge on any atom is 0.240 e. The van der Waals surface area contributed by atoms with E-state index < -0.39 is 0 Å². The van der Waals surface area contributed by atoms with Gasteiger partial charge in [-0.15, -0.1) is 0 Å². The summed E-state index contributed by atoms with van der Waals surface area (Å²) in [6.07, 6.45) is 1.01. The van der Waals surface area contributed by atoms with Gasteiger partial charge < -0.3 is 5.32 Å². The van der Waals surface area contributed by atoms with Crippen LogP contribution >= 0.6 is 0 Å². The Morgan fingerprint density at radius 2 is 2.45 bits per heavy atom. The van der Waals surface area contributed by atoms with Crippen LogP contribution in [0.3, 0.4) is 0 Å². The van der Waals surface area contributed by atoms with Crippen LogP contribution in [0.4, 0.5) is 0 Å². The lowest BCUT2D eigenvalue weighted by molar-refractivity contribution is -0.153. The zero-order valence-corrected chi connectivity index (χ0v) is 7.05. The topological polar surface area (TPSA) is 32.3 Å². The van der Waals surface area contributed by atoms with E-state index in [1.807, 2.05) is 6.92 Å². The second-order valence-electron chi connectivity index (χ2n) is 3.78. The molecule has 1 N–H and O–H groups in total. The third-order valence-corrected chi connectivity index (χ3v) is 2.99. The fourth-order valence-corrected chi connectivity index (χ4v) is 2.35. The summed E-state index contributed by atoms with van der Waals surface area (Å²) in [5.41, 5.74) is -0.169. The van der Waals surface area contributed by atoms with Gasteiger partial charge in [0.15, 0.2) is 0 Å². The minimum absolute atomic E-state index is 0.169. The van der Waals surface area contributed by atoms with Crippen molar-refractivity contribution in [2.75, 3.05) is 13.1 Å². The fourth-order valence-electron chi connectivity index (χ4n) is 2.35. The molecule has 0 aromatic heterocycles. The first kappa shape index (κ1) is 7.10. The van der Waals surface area contributed by atoms with Gasteiger partial charge in [-0.1, -0.05) is 0 Å². The van der Waals surface area contributed by atoms with Gasteiger partial charge in [0.05, 0.1) is 5.54 Å². The minimum Gasteiger partial charge on any atom is -0.353 e. The lowest BCUT2D eigenvalue weighted by atomic mass is 9.78. The summed E-state index contributed by atoms with van der Waals surface area (Å²) in [7, 11) is 0. The summed E-state index contributed by atoms with van der Waals surface area (Å²) in [6.45, 7) is 6.05. The van der Waals surface area contributed by atoms with Crippen molar-refractivity contribution in [1.82, 2.24) is 10.2 Å². The number of rotatable bonds is 0. The summed E-state index contributed by atoms with van der Waals surface area (Å²) < 4.78 is 0. The number of carbonyl (C=O) groups excluding carboxylic acids is 1. The molecule has 2 rings (SSSR count). The number of hydrogen-bond donors (Lipinski definition) is 1. The second-order valence-corrected chi connectivity index (χ2v) is 3.78. The van der Waals surface area contributed by atoms with Crippen molar-refractivity contribution in [2.24, 2.45) is 0 Å². The molecule has 62 valence electrons. The highest BCUT2D eigenvalue weighted by Crippen LogP contribution is 2.37. The second kappa shape index (κ2) is 1.97. The highest BCUT2D eigenvalue weighted by atomic mass is 16.2. The van der Waals surface area contributed by atoms with E-state index in [-0.39, 0.29) is 11.4 Å². The Bertz CT molecular complexity index is 204. The standard InChI is InChI=1S/C8H14N2O/c1-6-5-8(2)7(11)9-3-4-10(6)8/h6H,3-5H2,1-2H3,(H,9,11). The largest absolute Gasteiger partial charge is 0.353 e. The van der Waals surface area contributed by atoms with Gasteiger partial charge >= 0.3 is 0 Å². The van der Waals surface area contributed by atoms with Gasteiger partial charge in [0.25, 0.3) is 0 Å². The Morgan fingerprint density at radius 1 is 1.73 bits per heavy atom. The van der Waals surface area contributed by atoms with Crippen molar-refractivity contribution < 1.29 is 4.79 Å². The van der Waals surface area contributed by atoms with E-state index in [1.165, 1.54) is 0 Å². The van der Waals surface area contributed by atoms with Gasteiger partial charge in [0.2, 0.25) is 5.91 Å². The molecule has 3 nitrogen and oxygen atoms in total. The maximum absolute atomic E-state index is 11.4. The summed E-state index contributed by atoms with van der Waals surface area (Å²) in [6, 6.07) is 0.603. The van der Waals surface area contributed by atoms with Crippen LogP contribution in [0.25, 0.3) is 0 Å². The van der Waals surface area contributed by atoms with Gasteiger partial charge in [-0.25, -0.2) is 0 Å². The zero-order chi connectivity index (χ0) is 8.06. The summed E-state index contributed by atoms with van der Waals surface area (Å²) in [4.78, 5) is 13.7. The highest BCUT2D eigenvalue weighted by Gasteiger charge is 2.52. The molecule has 0 aliphatic carbocycles. The van der Waals surface area contributed by atoms with E-state index in [4.69, 9.17) is 0 Å². The molecule has 2 aliphatic heterocycles. The maximum atomic E-state index is 11.4. The molecule has 0 saturated carbocycles. The average Bonchev–Trinajstić information content (AvgIpc) is 1.95. The summed E-state index contributed by atoms with van der Waals surface area (Å²) >= 11 is 0. The van der Waals surface area contributed by atoms with Gasteiger partial charge in [-0.3, -0.25) is 9.69 Å². The van der Waals surface area contributed by atoms with E-state index >= 15 is 0 Å². The van der Waals surface area contributed by atoms with E-state index in [9.17, 15) is 4.79 Å². The zero-order valence-electron chi connectivity index (χ0n) is 7.05. The molecule has 2 unspecified atom stereocenters. The van der Waals surface area contributed by atoms with Crippen LogP contribution in [0.1, 0.15) is 20.3 Å². The number of nitrogens with one attached hydrogen (secondary N) is 1. The first-order valence-corrected chi connectivity index (χ1v) is 4.19. The first-order valence-electron chi connectivity index (χ1n) is 4.19. The monoisotopic (exact) mass is 154 g/mol. The third kappa shape index (κ3) is 0.745. The van der Waals surface area contributed by atoms with Crippen LogP contribution in [0.15, 0.2) is 0 Å². The molecule has 0 bridgehead atoms. The number of piperazine rings is 1. The van der Waals surface area contributed by atoms with Crippen LogP contribution in [-0.4, -0.2) is 35.5 Å². The summed E-state index contributed by atoms with van der Waals surface area (Å²) in [5, 5.41) is 2.89. The Balaban J connectivity index is 2.19. The van der Waals surface area contributed by atoms with Crippen molar-refractivity contribution in [2.45, 2.75) is 31.8 Å². The molecule has 2 heterocycles. The predicted octanol–water partition coefficient (Wildman–Crippen LogP) is -0.0309. The smallest absolute Gasteiger partial charge is 0.240 e. The molecule has 0 radical (unpaired) electrons. The van der Waals surface area contributed by atoms with Crippen LogP contribution < -0.4 is 5.32 Å². The van der Waals surface area contributed by atoms with Gasteiger partial charge in [0.1, 0.15) is 0 Å². The van der Waals surface area contributed by atoms with Crippen molar-refractivity contribution in [3.63, 3.8) is 0 Å². The molecule has 2 fully saturated rings. The summed E-state index contributed by atoms with van der Waals surface area (Å²) in [5.74, 6) is 0.210. The number of carbonyl (C=O) groups is 1. The van der Waals surface area contributed by atoms with Crippen molar-refractivity contribution in [3.05, 3.63) is 0 Å². The molecule has 0 aromatic rings. The third-order valence-electron chi connectivity index (χ3n) is 2.99. The Hall–Kier alpha value is -0.570. The lowest BCUT2D eigenvalue weighted by Gasteiger charge is -2.56. The molecular formula is C8H14N2O. The molecule has 2 aliphatic rings.